The molecule has 0 aromatic rings. The van der Waals surface area contributed by atoms with Gasteiger partial charge in [-0.1, -0.05) is 26.7 Å². The van der Waals surface area contributed by atoms with Gasteiger partial charge in [0, 0.05) is 6.04 Å². The van der Waals surface area contributed by atoms with Crippen LogP contribution in [0.1, 0.15) is 39.5 Å². The monoisotopic (exact) mass is 258 g/mol. The van der Waals surface area contributed by atoms with Gasteiger partial charge in [0.05, 0.1) is 0 Å². The van der Waals surface area contributed by atoms with E-state index in [4.69, 9.17) is 5.11 Å². The minimum Gasteiger partial charge on any atom is -0.479 e. The first-order valence-corrected chi connectivity index (χ1v) is 6.40. The molecule has 0 spiro atoms. The van der Waals surface area contributed by atoms with Crippen molar-refractivity contribution >= 4 is 12.0 Å². The summed E-state index contributed by atoms with van der Waals surface area (Å²) in [6, 6.07) is -0.319. The summed E-state index contributed by atoms with van der Waals surface area (Å²) in [5.74, 6) is -0.118. The Hall–Kier alpha value is -1.30. The fraction of sp³-hybridized carbons (Fsp3) is 0.833. The lowest BCUT2D eigenvalue weighted by Crippen LogP contribution is -2.48. The fourth-order valence-electron chi connectivity index (χ4n) is 2.50. The summed E-state index contributed by atoms with van der Waals surface area (Å²) in [7, 11) is 0. The number of hydrogen-bond donors (Lipinski definition) is 3. The van der Waals surface area contributed by atoms with Crippen LogP contribution in [0, 0.1) is 11.8 Å². The lowest BCUT2D eigenvalue weighted by molar-refractivity contribution is -0.144. The molecule has 1 aliphatic carbocycles. The summed E-state index contributed by atoms with van der Waals surface area (Å²) in [6.07, 6.45) is 4.41. The molecular weight excluding hydrogens is 236 g/mol. The van der Waals surface area contributed by atoms with E-state index in [2.05, 4.69) is 29.5 Å². The highest BCUT2D eigenvalue weighted by Crippen LogP contribution is 2.30. The average Bonchev–Trinajstić information content (AvgIpc) is 2.28. The first-order valence-electron chi connectivity index (χ1n) is 6.40. The number of carbonyl (C=O) groups excluding carboxylic acids is 1. The Labute approximate surface area is 107 Å². The van der Waals surface area contributed by atoms with E-state index in [1.54, 1.807) is 0 Å². The number of amides is 2. The van der Waals surface area contributed by atoms with E-state index in [9.17, 15) is 9.59 Å². The molecule has 1 rings (SSSR count). The second-order valence-electron chi connectivity index (χ2n) is 5.06. The molecular formula is C12H22N2O4. The lowest BCUT2D eigenvalue weighted by atomic mass is 9.78. The van der Waals surface area contributed by atoms with Crippen LogP contribution in [0.15, 0.2) is 0 Å². The minimum absolute atomic E-state index is 0.146. The van der Waals surface area contributed by atoms with E-state index in [1.807, 2.05) is 0 Å². The Kier molecular flexibility index (Phi) is 5.91. The topological polar surface area (TPSA) is 87.7 Å². The number of rotatable bonds is 5. The number of carboxylic acids is 1. The van der Waals surface area contributed by atoms with Crippen LogP contribution in [0.25, 0.3) is 0 Å². The quantitative estimate of drug-likeness (QED) is 0.652. The highest BCUT2D eigenvalue weighted by Gasteiger charge is 2.28. The van der Waals surface area contributed by atoms with Crippen molar-refractivity contribution in [2.45, 2.75) is 45.6 Å². The molecule has 104 valence electrons. The lowest BCUT2D eigenvalue weighted by Gasteiger charge is -2.34. The number of carbonyl (C=O) groups is 2. The van der Waals surface area contributed by atoms with E-state index in [-0.39, 0.29) is 6.04 Å². The van der Waals surface area contributed by atoms with Crippen molar-refractivity contribution in [3.63, 3.8) is 0 Å². The first-order chi connectivity index (χ1) is 8.50. The number of aliphatic carboxylic acids is 1. The van der Waals surface area contributed by atoms with E-state index >= 15 is 0 Å². The molecule has 0 saturated heterocycles. The van der Waals surface area contributed by atoms with Gasteiger partial charge in [-0.3, -0.25) is 4.84 Å². The van der Waals surface area contributed by atoms with Crippen molar-refractivity contribution in [2.75, 3.05) is 6.61 Å². The second kappa shape index (κ2) is 7.20. The molecule has 0 aliphatic heterocycles. The SMILES string of the molecule is CC(C)C1CCCCC1NC(=O)NOCC(=O)O. The first kappa shape index (κ1) is 14.8. The maximum absolute atomic E-state index is 11.5. The molecule has 6 heteroatoms. The van der Waals surface area contributed by atoms with Crippen LogP contribution in [0.4, 0.5) is 4.79 Å². The van der Waals surface area contributed by atoms with Gasteiger partial charge in [0.2, 0.25) is 0 Å². The Bertz CT molecular complexity index is 294. The maximum atomic E-state index is 11.5. The number of nitrogens with one attached hydrogen (secondary N) is 2. The van der Waals surface area contributed by atoms with Crippen molar-refractivity contribution in [2.24, 2.45) is 11.8 Å². The molecule has 18 heavy (non-hydrogen) atoms. The van der Waals surface area contributed by atoms with Gasteiger partial charge < -0.3 is 10.4 Å². The largest absolute Gasteiger partial charge is 0.479 e. The summed E-state index contributed by atoms with van der Waals surface area (Å²) in [5, 5.41) is 11.2. The molecule has 1 saturated carbocycles. The van der Waals surface area contributed by atoms with Crippen molar-refractivity contribution < 1.29 is 19.5 Å². The molecule has 0 aromatic heterocycles. The van der Waals surface area contributed by atoms with Gasteiger partial charge in [-0.25, -0.2) is 15.1 Å². The normalized spacial score (nSPS) is 23.7. The van der Waals surface area contributed by atoms with Gasteiger partial charge in [0.1, 0.15) is 0 Å². The van der Waals surface area contributed by atoms with Crippen molar-refractivity contribution in [1.82, 2.24) is 10.8 Å². The smallest absolute Gasteiger partial charge is 0.338 e. The maximum Gasteiger partial charge on any atom is 0.338 e. The van der Waals surface area contributed by atoms with E-state index in [1.165, 1.54) is 6.42 Å². The third-order valence-electron chi connectivity index (χ3n) is 3.35. The molecule has 2 unspecified atom stereocenters. The summed E-state index contributed by atoms with van der Waals surface area (Å²) in [6.45, 7) is 3.78. The van der Waals surface area contributed by atoms with E-state index in [0.717, 1.165) is 19.3 Å². The second-order valence-corrected chi connectivity index (χ2v) is 5.06. The highest BCUT2D eigenvalue weighted by atomic mass is 16.7. The zero-order valence-corrected chi connectivity index (χ0v) is 10.9. The van der Waals surface area contributed by atoms with E-state index < -0.39 is 18.6 Å². The van der Waals surface area contributed by atoms with Gasteiger partial charge in [0.15, 0.2) is 6.61 Å². The van der Waals surface area contributed by atoms with Crippen LogP contribution in [-0.2, 0) is 9.63 Å². The molecule has 2 amide bonds. The van der Waals surface area contributed by atoms with Gasteiger partial charge in [-0.2, -0.15) is 0 Å². The Morgan fingerprint density at radius 1 is 1.33 bits per heavy atom. The third kappa shape index (κ3) is 4.91. The van der Waals surface area contributed by atoms with Crippen LogP contribution >= 0.6 is 0 Å². The zero-order valence-electron chi connectivity index (χ0n) is 10.9. The van der Waals surface area contributed by atoms with Crippen LogP contribution in [0.3, 0.4) is 0 Å². The average molecular weight is 258 g/mol. The number of carboxylic acid groups (broad SMARTS) is 1. The predicted octanol–water partition coefficient (Wildman–Crippen LogP) is 1.52. The molecule has 0 aromatic carbocycles. The van der Waals surface area contributed by atoms with Crippen LogP contribution in [-0.4, -0.2) is 29.8 Å². The standard InChI is InChI=1S/C12H22N2O4/c1-8(2)9-5-3-4-6-10(9)13-12(17)14-18-7-11(15)16/h8-10H,3-7H2,1-2H3,(H,15,16)(H2,13,14,17). The van der Waals surface area contributed by atoms with Crippen molar-refractivity contribution in [1.29, 1.82) is 0 Å². The third-order valence-corrected chi connectivity index (χ3v) is 3.35. The highest BCUT2D eigenvalue weighted by molar-refractivity contribution is 5.73. The Morgan fingerprint density at radius 2 is 2.00 bits per heavy atom. The molecule has 2 atom stereocenters. The van der Waals surface area contributed by atoms with Crippen LogP contribution in [0.2, 0.25) is 0 Å². The van der Waals surface area contributed by atoms with Crippen LogP contribution < -0.4 is 10.8 Å². The van der Waals surface area contributed by atoms with Gasteiger partial charge in [-0.05, 0) is 24.7 Å². The molecule has 6 nitrogen and oxygen atoms in total. The van der Waals surface area contributed by atoms with Gasteiger partial charge in [-0.15, -0.1) is 0 Å². The zero-order chi connectivity index (χ0) is 13.5. The summed E-state index contributed by atoms with van der Waals surface area (Å²) in [5.41, 5.74) is 2.09. The number of urea groups is 1. The Balaban J connectivity index is 2.34. The Morgan fingerprint density at radius 3 is 2.61 bits per heavy atom. The predicted molar refractivity (Wildman–Crippen MR) is 65.8 cm³/mol. The number of hydroxylamine groups is 1. The summed E-state index contributed by atoms with van der Waals surface area (Å²) in [4.78, 5) is 26.3. The van der Waals surface area contributed by atoms with Gasteiger partial charge in [0.25, 0.3) is 0 Å². The molecule has 1 fully saturated rings. The fourth-order valence-corrected chi connectivity index (χ4v) is 2.50. The molecule has 0 heterocycles. The molecule has 1 aliphatic rings. The molecule has 3 N–H and O–H groups in total. The van der Waals surface area contributed by atoms with E-state index in [0.29, 0.717) is 11.8 Å². The van der Waals surface area contributed by atoms with Crippen molar-refractivity contribution in [3.8, 4) is 0 Å². The minimum atomic E-state index is -1.12. The number of hydrogen-bond acceptors (Lipinski definition) is 3. The summed E-state index contributed by atoms with van der Waals surface area (Å²) >= 11 is 0. The molecule has 0 bridgehead atoms. The van der Waals surface area contributed by atoms with Gasteiger partial charge >= 0.3 is 12.0 Å². The van der Waals surface area contributed by atoms with Crippen LogP contribution in [0.5, 0.6) is 0 Å². The van der Waals surface area contributed by atoms with Crippen molar-refractivity contribution in [3.05, 3.63) is 0 Å². The molecule has 0 radical (unpaired) electrons. The summed E-state index contributed by atoms with van der Waals surface area (Å²) < 4.78 is 0.